The summed E-state index contributed by atoms with van der Waals surface area (Å²) in [5.41, 5.74) is -0.442. The van der Waals surface area contributed by atoms with Crippen LogP contribution in [-0.2, 0) is 20.4 Å². The largest absolute Gasteiger partial charge is 0.453 e. The molecule has 0 radical (unpaired) electrons. The number of hydrogen-bond acceptors (Lipinski definition) is 5. The average molecular weight is 350 g/mol. The van der Waals surface area contributed by atoms with E-state index in [9.17, 15) is 18.0 Å². The Bertz CT molecular complexity index is 530. The van der Waals surface area contributed by atoms with E-state index >= 15 is 0 Å². The van der Waals surface area contributed by atoms with Gasteiger partial charge in [0.1, 0.15) is 0 Å². The Morgan fingerprint density at radius 2 is 1.71 bits per heavy atom. The highest BCUT2D eigenvalue weighted by Gasteiger charge is 2.31. The molecule has 0 saturated heterocycles. The summed E-state index contributed by atoms with van der Waals surface area (Å²) in [6.45, 7) is 1.56. The average Bonchev–Trinajstić information content (AvgIpc) is 2.54. The van der Waals surface area contributed by atoms with Crippen molar-refractivity contribution in [2.75, 3.05) is 57.8 Å². The van der Waals surface area contributed by atoms with Gasteiger partial charge in [-0.2, -0.15) is 13.2 Å². The van der Waals surface area contributed by atoms with Crippen LogP contribution < -0.4 is 10.2 Å². The predicted molar refractivity (Wildman–Crippen MR) is 83.4 cm³/mol. The zero-order valence-corrected chi connectivity index (χ0v) is 13.8. The Kier molecular flexibility index (Phi) is 7.80. The van der Waals surface area contributed by atoms with Crippen LogP contribution in [0, 0.1) is 0 Å². The van der Waals surface area contributed by atoms with Crippen molar-refractivity contribution in [1.82, 2.24) is 0 Å². The van der Waals surface area contributed by atoms with Gasteiger partial charge in [0, 0.05) is 27.3 Å². The minimum Gasteiger partial charge on any atom is -0.453 e. The number of nitrogens with zero attached hydrogens (tertiary/aromatic N) is 1. The molecule has 0 bridgehead atoms. The van der Waals surface area contributed by atoms with Crippen molar-refractivity contribution in [2.24, 2.45) is 0 Å². The van der Waals surface area contributed by atoms with E-state index in [4.69, 9.17) is 9.47 Å². The smallest absolute Gasteiger partial charge is 0.416 e. The summed E-state index contributed by atoms with van der Waals surface area (Å²) < 4.78 is 53.3. The minimum atomic E-state index is -4.52. The molecule has 1 N–H and O–H groups in total. The van der Waals surface area contributed by atoms with Crippen LogP contribution in [0.25, 0.3) is 0 Å². The van der Waals surface area contributed by atoms with Crippen molar-refractivity contribution >= 4 is 17.5 Å². The second-order valence-electron chi connectivity index (χ2n) is 4.82. The predicted octanol–water partition coefficient (Wildman–Crippen LogP) is 2.98. The van der Waals surface area contributed by atoms with E-state index in [0.717, 1.165) is 19.2 Å². The molecular weight excluding hydrogens is 329 g/mol. The third-order valence-corrected chi connectivity index (χ3v) is 3.22. The van der Waals surface area contributed by atoms with Gasteiger partial charge in [0.2, 0.25) is 0 Å². The molecule has 0 atom stereocenters. The number of carbonyl (C=O) groups is 1. The monoisotopic (exact) mass is 350 g/mol. The molecule has 9 heteroatoms. The lowest BCUT2D eigenvalue weighted by molar-refractivity contribution is -0.137. The lowest BCUT2D eigenvalue weighted by Crippen LogP contribution is -2.31. The summed E-state index contributed by atoms with van der Waals surface area (Å²) in [6.07, 6.45) is -5.37. The maximum atomic E-state index is 12.9. The number of ether oxygens (including phenoxy) is 3. The zero-order chi connectivity index (χ0) is 18.2. The van der Waals surface area contributed by atoms with E-state index in [0.29, 0.717) is 32.0 Å². The summed E-state index contributed by atoms with van der Waals surface area (Å²) in [6, 6.07) is 3.14. The fourth-order valence-corrected chi connectivity index (χ4v) is 2.00. The van der Waals surface area contributed by atoms with E-state index in [1.165, 1.54) is 20.3 Å². The first-order valence-electron chi connectivity index (χ1n) is 7.12. The van der Waals surface area contributed by atoms with E-state index in [1.54, 1.807) is 4.90 Å². The first kappa shape index (κ1) is 20.0. The first-order valence-corrected chi connectivity index (χ1v) is 7.12. The molecule has 0 aliphatic carbocycles. The summed E-state index contributed by atoms with van der Waals surface area (Å²) in [7, 11) is 4.18. The lowest BCUT2D eigenvalue weighted by atomic mass is 10.1. The fourth-order valence-electron chi connectivity index (χ4n) is 2.00. The third kappa shape index (κ3) is 5.89. The highest BCUT2D eigenvalue weighted by Crippen LogP contribution is 2.35. The van der Waals surface area contributed by atoms with Gasteiger partial charge in [0.05, 0.1) is 37.3 Å². The number of rotatable bonds is 8. The van der Waals surface area contributed by atoms with Gasteiger partial charge in [-0.1, -0.05) is 0 Å². The van der Waals surface area contributed by atoms with Gasteiger partial charge in [0.25, 0.3) is 0 Å². The van der Waals surface area contributed by atoms with Gasteiger partial charge >= 0.3 is 12.3 Å². The van der Waals surface area contributed by atoms with Crippen molar-refractivity contribution in [3.05, 3.63) is 23.8 Å². The maximum Gasteiger partial charge on any atom is 0.416 e. The van der Waals surface area contributed by atoms with Crippen LogP contribution >= 0.6 is 0 Å². The Hall–Kier alpha value is -2.00. The molecule has 0 fully saturated rings. The SMILES string of the molecule is COCCN(CCOC)c1ccc(C(F)(F)F)cc1NC(=O)OC. The van der Waals surface area contributed by atoms with Crippen LogP contribution in [-0.4, -0.2) is 53.7 Å². The Morgan fingerprint density at radius 1 is 1.12 bits per heavy atom. The van der Waals surface area contributed by atoms with Gasteiger partial charge in [0.15, 0.2) is 0 Å². The molecule has 0 aliphatic heterocycles. The molecule has 1 aromatic rings. The van der Waals surface area contributed by atoms with Crippen molar-refractivity contribution < 1.29 is 32.2 Å². The Labute approximate surface area is 138 Å². The quantitative estimate of drug-likeness (QED) is 0.781. The molecule has 1 aromatic carbocycles. The molecule has 136 valence electrons. The topological polar surface area (TPSA) is 60.0 Å². The summed E-state index contributed by atoms with van der Waals surface area (Å²) in [5, 5.41) is 2.32. The molecule has 1 amide bonds. The number of halogens is 3. The van der Waals surface area contributed by atoms with E-state index in [-0.39, 0.29) is 5.69 Å². The van der Waals surface area contributed by atoms with Gasteiger partial charge in [-0.05, 0) is 18.2 Å². The molecule has 0 spiro atoms. The van der Waals surface area contributed by atoms with Gasteiger partial charge in [-0.25, -0.2) is 4.79 Å². The van der Waals surface area contributed by atoms with Crippen molar-refractivity contribution in [2.45, 2.75) is 6.18 Å². The molecular formula is C15H21F3N2O4. The normalized spacial score (nSPS) is 11.2. The standard InChI is InChI=1S/C15H21F3N2O4/c1-22-8-6-20(7-9-23-2)13-5-4-11(15(16,17)18)10-12(13)19-14(21)24-3/h4-5,10H,6-9H2,1-3H3,(H,19,21). The summed E-state index contributed by atoms with van der Waals surface area (Å²) >= 11 is 0. The van der Waals surface area contributed by atoms with E-state index in [1.807, 2.05) is 0 Å². The molecule has 0 unspecified atom stereocenters. The Morgan fingerprint density at radius 3 is 2.17 bits per heavy atom. The van der Waals surface area contributed by atoms with Crippen LogP contribution in [0.4, 0.5) is 29.3 Å². The minimum absolute atomic E-state index is 0.00359. The van der Waals surface area contributed by atoms with Crippen molar-refractivity contribution in [3.8, 4) is 0 Å². The summed E-state index contributed by atoms with van der Waals surface area (Å²) in [4.78, 5) is 13.2. The second-order valence-corrected chi connectivity index (χ2v) is 4.82. The Balaban J connectivity index is 3.22. The number of amides is 1. The fraction of sp³-hybridized carbons (Fsp3) is 0.533. The molecule has 6 nitrogen and oxygen atoms in total. The number of anilines is 2. The highest BCUT2D eigenvalue weighted by atomic mass is 19.4. The van der Waals surface area contributed by atoms with E-state index in [2.05, 4.69) is 10.1 Å². The van der Waals surface area contributed by atoms with Crippen LogP contribution in [0.5, 0.6) is 0 Å². The van der Waals surface area contributed by atoms with Gasteiger partial charge in [-0.3, -0.25) is 5.32 Å². The van der Waals surface area contributed by atoms with Crippen molar-refractivity contribution in [1.29, 1.82) is 0 Å². The molecule has 0 saturated carbocycles. The van der Waals surface area contributed by atoms with E-state index < -0.39 is 17.8 Å². The van der Waals surface area contributed by atoms with Crippen LogP contribution in [0.1, 0.15) is 5.56 Å². The first-order chi connectivity index (χ1) is 11.3. The number of hydrogen-bond donors (Lipinski definition) is 1. The van der Waals surface area contributed by atoms with Crippen LogP contribution in [0.15, 0.2) is 18.2 Å². The third-order valence-electron chi connectivity index (χ3n) is 3.22. The molecule has 24 heavy (non-hydrogen) atoms. The van der Waals surface area contributed by atoms with Crippen LogP contribution in [0.3, 0.4) is 0 Å². The number of methoxy groups -OCH3 is 3. The number of benzene rings is 1. The number of nitrogens with one attached hydrogen (secondary N) is 1. The van der Waals surface area contributed by atoms with Crippen LogP contribution in [0.2, 0.25) is 0 Å². The lowest BCUT2D eigenvalue weighted by Gasteiger charge is -2.27. The van der Waals surface area contributed by atoms with Crippen molar-refractivity contribution in [3.63, 3.8) is 0 Å². The number of carbonyl (C=O) groups excluding carboxylic acids is 1. The molecule has 0 aliphatic rings. The zero-order valence-electron chi connectivity index (χ0n) is 13.8. The highest BCUT2D eigenvalue weighted by molar-refractivity contribution is 5.90. The molecule has 0 aromatic heterocycles. The molecule has 0 heterocycles. The number of alkyl halides is 3. The van der Waals surface area contributed by atoms with Gasteiger partial charge in [-0.15, -0.1) is 0 Å². The maximum absolute atomic E-state index is 12.9. The molecule has 1 rings (SSSR count). The van der Waals surface area contributed by atoms with Gasteiger partial charge < -0.3 is 19.1 Å². The summed E-state index contributed by atoms with van der Waals surface area (Å²) in [5.74, 6) is 0. The second kappa shape index (κ2) is 9.33.